The Kier molecular flexibility index (Phi) is 5.49. The zero-order chi connectivity index (χ0) is 17.0. The van der Waals surface area contributed by atoms with Crippen molar-refractivity contribution in [2.45, 2.75) is 6.18 Å². The summed E-state index contributed by atoms with van der Waals surface area (Å²) in [4.78, 5) is 11.8. The molecule has 2 nitrogen and oxygen atoms in total. The van der Waals surface area contributed by atoms with E-state index in [1.165, 1.54) is 6.08 Å². The quantitative estimate of drug-likeness (QED) is 0.646. The van der Waals surface area contributed by atoms with Crippen LogP contribution in [0.5, 0.6) is 0 Å². The molecular formula is C16H10BrClF3NO. The Morgan fingerprint density at radius 3 is 2.39 bits per heavy atom. The number of hydrogen-bond donors (Lipinski definition) is 1. The molecular weight excluding hydrogens is 395 g/mol. The highest BCUT2D eigenvalue weighted by molar-refractivity contribution is 9.10. The molecule has 2 rings (SSSR count). The highest BCUT2D eigenvalue weighted by Crippen LogP contribution is 2.32. The second kappa shape index (κ2) is 7.19. The molecule has 1 amide bonds. The van der Waals surface area contributed by atoms with Crippen molar-refractivity contribution in [3.05, 3.63) is 69.2 Å². The molecule has 0 aromatic heterocycles. The molecule has 0 bridgehead atoms. The van der Waals surface area contributed by atoms with Gasteiger partial charge in [-0.25, -0.2) is 0 Å². The van der Waals surface area contributed by atoms with Gasteiger partial charge in [0.2, 0.25) is 5.91 Å². The maximum absolute atomic E-state index is 12.7. The predicted octanol–water partition coefficient (Wildman–Crippen LogP) is 5.77. The van der Waals surface area contributed by atoms with Crippen molar-refractivity contribution in [3.8, 4) is 0 Å². The van der Waals surface area contributed by atoms with Gasteiger partial charge in [-0.15, -0.1) is 0 Å². The Morgan fingerprint density at radius 1 is 1.13 bits per heavy atom. The van der Waals surface area contributed by atoms with Crippen LogP contribution < -0.4 is 5.32 Å². The Bertz CT molecular complexity index is 742. The van der Waals surface area contributed by atoms with Crippen LogP contribution in [-0.2, 0) is 11.0 Å². The van der Waals surface area contributed by atoms with E-state index in [2.05, 4.69) is 21.2 Å². The van der Waals surface area contributed by atoms with E-state index in [1.807, 2.05) is 0 Å². The minimum absolute atomic E-state index is 0.118. The van der Waals surface area contributed by atoms with Gasteiger partial charge in [0.15, 0.2) is 0 Å². The lowest BCUT2D eigenvalue weighted by molar-refractivity contribution is -0.137. The van der Waals surface area contributed by atoms with Crippen LogP contribution in [0, 0.1) is 0 Å². The number of carbonyl (C=O) groups excluding carboxylic acids is 1. The maximum Gasteiger partial charge on any atom is 0.416 e. The van der Waals surface area contributed by atoms with Gasteiger partial charge in [-0.3, -0.25) is 4.79 Å². The first-order valence-electron chi connectivity index (χ1n) is 6.37. The number of hydrogen-bond acceptors (Lipinski definition) is 1. The molecule has 1 N–H and O–H groups in total. The van der Waals surface area contributed by atoms with E-state index in [9.17, 15) is 18.0 Å². The fourth-order valence-electron chi connectivity index (χ4n) is 1.73. The number of halogens is 5. The van der Waals surface area contributed by atoms with E-state index in [4.69, 9.17) is 11.6 Å². The van der Waals surface area contributed by atoms with E-state index in [0.717, 1.165) is 28.7 Å². The summed E-state index contributed by atoms with van der Waals surface area (Å²) >= 11 is 9.12. The molecule has 2 aromatic rings. The maximum atomic E-state index is 12.7. The molecule has 120 valence electrons. The minimum Gasteiger partial charge on any atom is -0.323 e. The molecule has 2 aromatic carbocycles. The molecule has 0 spiro atoms. The molecule has 7 heteroatoms. The standard InChI is InChI=1S/C16H10BrClF3NO/c17-12-3-5-13(6-4-12)22-15(23)8-1-10-9-11(16(19,20)21)2-7-14(10)18/h1-9H,(H,22,23)/b8-1+. The van der Waals surface area contributed by atoms with Crippen molar-refractivity contribution in [2.24, 2.45) is 0 Å². The van der Waals surface area contributed by atoms with Gasteiger partial charge < -0.3 is 5.32 Å². The summed E-state index contributed by atoms with van der Waals surface area (Å²) < 4.78 is 38.9. The van der Waals surface area contributed by atoms with Crippen molar-refractivity contribution < 1.29 is 18.0 Å². The summed E-state index contributed by atoms with van der Waals surface area (Å²) in [5, 5.41) is 2.72. The normalized spacial score (nSPS) is 11.7. The summed E-state index contributed by atoms with van der Waals surface area (Å²) in [6, 6.07) is 9.82. The van der Waals surface area contributed by atoms with Crippen LogP contribution in [0.25, 0.3) is 6.08 Å². The molecule has 23 heavy (non-hydrogen) atoms. The molecule has 0 aliphatic carbocycles. The van der Waals surface area contributed by atoms with Gasteiger partial charge in [-0.05, 0) is 54.1 Å². The second-order valence-corrected chi connectivity index (χ2v) is 5.89. The average molecular weight is 405 g/mol. The monoisotopic (exact) mass is 403 g/mol. The van der Waals surface area contributed by atoms with Crippen LogP contribution in [0.15, 0.2) is 53.0 Å². The zero-order valence-electron chi connectivity index (χ0n) is 11.5. The molecule has 0 fully saturated rings. The van der Waals surface area contributed by atoms with Crippen molar-refractivity contribution >= 4 is 45.2 Å². The van der Waals surface area contributed by atoms with Crippen LogP contribution >= 0.6 is 27.5 Å². The van der Waals surface area contributed by atoms with Crippen LogP contribution in [0.3, 0.4) is 0 Å². The highest BCUT2D eigenvalue weighted by atomic mass is 79.9. The Balaban J connectivity index is 2.13. The van der Waals surface area contributed by atoms with Gasteiger partial charge >= 0.3 is 6.18 Å². The molecule has 0 radical (unpaired) electrons. The van der Waals surface area contributed by atoms with E-state index in [-0.39, 0.29) is 10.6 Å². The summed E-state index contributed by atoms with van der Waals surface area (Å²) in [5.41, 5.74) is -0.139. The van der Waals surface area contributed by atoms with Gasteiger partial charge in [-0.2, -0.15) is 13.2 Å². The largest absolute Gasteiger partial charge is 0.416 e. The third kappa shape index (κ3) is 5.11. The zero-order valence-corrected chi connectivity index (χ0v) is 13.8. The van der Waals surface area contributed by atoms with Crippen molar-refractivity contribution in [1.82, 2.24) is 0 Å². The van der Waals surface area contributed by atoms with Crippen LogP contribution in [-0.4, -0.2) is 5.91 Å². The fraction of sp³-hybridized carbons (Fsp3) is 0.0625. The summed E-state index contributed by atoms with van der Waals surface area (Å²) in [6.45, 7) is 0. The van der Waals surface area contributed by atoms with Gasteiger partial charge in [-0.1, -0.05) is 27.5 Å². The third-order valence-corrected chi connectivity index (χ3v) is 3.72. The third-order valence-electron chi connectivity index (χ3n) is 2.85. The molecule has 0 atom stereocenters. The minimum atomic E-state index is -4.47. The number of carbonyl (C=O) groups is 1. The van der Waals surface area contributed by atoms with Gasteiger partial charge in [0.05, 0.1) is 5.56 Å². The predicted molar refractivity (Wildman–Crippen MR) is 88.3 cm³/mol. The summed E-state index contributed by atoms with van der Waals surface area (Å²) in [5.74, 6) is -0.471. The first kappa shape index (κ1) is 17.6. The number of anilines is 1. The first-order chi connectivity index (χ1) is 10.8. The van der Waals surface area contributed by atoms with E-state index in [0.29, 0.717) is 5.69 Å². The van der Waals surface area contributed by atoms with Crippen LogP contribution in [0.2, 0.25) is 5.02 Å². The molecule has 0 saturated carbocycles. The summed E-state index contributed by atoms with van der Waals surface area (Å²) in [6.07, 6.45) is -2.10. The Labute approximate surface area is 144 Å². The van der Waals surface area contributed by atoms with Crippen LogP contribution in [0.1, 0.15) is 11.1 Å². The number of amides is 1. The van der Waals surface area contributed by atoms with Crippen LogP contribution in [0.4, 0.5) is 18.9 Å². The number of alkyl halides is 3. The Hall–Kier alpha value is -1.79. The Morgan fingerprint density at radius 2 is 1.78 bits per heavy atom. The molecule has 0 aliphatic heterocycles. The van der Waals surface area contributed by atoms with Gasteiger partial charge in [0.1, 0.15) is 0 Å². The molecule has 0 heterocycles. The smallest absolute Gasteiger partial charge is 0.323 e. The number of benzene rings is 2. The summed E-state index contributed by atoms with van der Waals surface area (Å²) in [7, 11) is 0. The molecule has 0 unspecified atom stereocenters. The van der Waals surface area contributed by atoms with Gasteiger partial charge in [0, 0.05) is 21.3 Å². The van der Waals surface area contributed by atoms with E-state index >= 15 is 0 Å². The molecule has 0 aliphatic rings. The first-order valence-corrected chi connectivity index (χ1v) is 7.54. The second-order valence-electron chi connectivity index (χ2n) is 4.56. The van der Waals surface area contributed by atoms with Crippen molar-refractivity contribution in [3.63, 3.8) is 0 Å². The van der Waals surface area contributed by atoms with E-state index < -0.39 is 17.6 Å². The number of rotatable bonds is 3. The number of nitrogens with one attached hydrogen (secondary N) is 1. The lowest BCUT2D eigenvalue weighted by Crippen LogP contribution is -2.07. The lowest BCUT2D eigenvalue weighted by atomic mass is 10.1. The SMILES string of the molecule is O=C(/C=C/c1cc(C(F)(F)F)ccc1Cl)Nc1ccc(Br)cc1. The van der Waals surface area contributed by atoms with Gasteiger partial charge in [0.25, 0.3) is 0 Å². The fourth-order valence-corrected chi connectivity index (χ4v) is 2.18. The highest BCUT2D eigenvalue weighted by Gasteiger charge is 2.30. The lowest BCUT2D eigenvalue weighted by Gasteiger charge is -2.08. The topological polar surface area (TPSA) is 29.1 Å². The van der Waals surface area contributed by atoms with Crippen molar-refractivity contribution in [1.29, 1.82) is 0 Å². The van der Waals surface area contributed by atoms with E-state index in [1.54, 1.807) is 24.3 Å². The van der Waals surface area contributed by atoms with Crippen molar-refractivity contribution in [2.75, 3.05) is 5.32 Å². The average Bonchev–Trinajstić information content (AvgIpc) is 2.47. The molecule has 0 saturated heterocycles.